The van der Waals surface area contributed by atoms with Crippen LogP contribution in [0.2, 0.25) is 10.0 Å². The number of carbonyl (C=O) groups excluding carboxylic acids is 2. The van der Waals surface area contributed by atoms with Crippen molar-refractivity contribution in [3.8, 4) is 0 Å². The fourth-order valence-electron chi connectivity index (χ4n) is 2.13. The molecule has 0 spiro atoms. The zero-order valence-electron chi connectivity index (χ0n) is 11.0. The van der Waals surface area contributed by atoms with Crippen LogP contribution in [0.3, 0.4) is 0 Å². The van der Waals surface area contributed by atoms with Gasteiger partial charge in [0, 0.05) is 25.0 Å². The molecule has 1 aromatic carbocycles. The molecule has 21 heavy (non-hydrogen) atoms. The van der Waals surface area contributed by atoms with Gasteiger partial charge >= 0.3 is 5.97 Å². The molecule has 0 aromatic heterocycles. The van der Waals surface area contributed by atoms with E-state index in [1.54, 1.807) is 7.05 Å². The number of likely N-dealkylation sites (tertiary alicyclic amines) is 1. The molecule has 0 saturated carbocycles. The number of hydrogen-bond donors (Lipinski definition) is 2. The maximum absolute atomic E-state index is 12.1. The van der Waals surface area contributed by atoms with Crippen LogP contribution in [0.5, 0.6) is 0 Å². The summed E-state index contributed by atoms with van der Waals surface area (Å²) in [4.78, 5) is 36.2. The normalized spacial score (nSPS) is 18.0. The van der Waals surface area contributed by atoms with Crippen molar-refractivity contribution >= 4 is 46.7 Å². The molecule has 8 heteroatoms. The lowest BCUT2D eigenvalue weighted by atomic mass is 10.1. The van der Waals surface area contributed by atoms with Gasteiger partial charge in [-0.25, -0.2) is 4.79 Å². The molecule has 1 unspecified atom stereocenters. The predicted octanol–water partition coefficient (Wildman–Crippen LogP) is 2.11. The van der Waals surface area contributed by atoms with Gasteiger partial charge in [0.15, 0.2) is 0 Å². The number of benzene rings is 1. The first-order valence-corrected chi connectivity index (χ1v) is 6.82. The highest BCUT2D eigenvalue weighted by Crippen LogP contribution is 2.31. The summed E-state index contributed by atoms with van der Waals surface area (Å²) in [7, 11) is 1.60. The monoisotopic (exact) mass is 330 g/mol. The van der Waals surface area contributed by atoms with Gasteiger partial charge in [0.25, 0.3) is 0 Å². The van der Waals surface area contributed by atoms with Crippen LogP contribution >= 0.6 is 23.2 Å². The molecule has 0 bridgehead atoms. The van der Waals surface area contributed by atoms with Crippen LogP contribution in [0.4, 0.5) is 5.69 Å². The van der Waals surface area contributed by atoms with Crippen LogP contribution in [0, 0.1) is 5.92 Å². The Kier molecular flexibility index (Phi) is 4.39. The fourth-order valence-corrected chi connectivity index (χ4v) is 2.67. The molecule has 112 valence electrons. The molecule has 2 rings (SSSR count). The van der Waals surface area contributed by atoms with Crippen molar-refractivity contribution in [2.45, 2.75) is 6.42 Å². The molecule has 0 aliphatic carbocycles. The molecule has 2 amide bonds. The number of rotatable bonds is 3. The first kappa shape index (κ1) is 15.6. The molecule has 1 atom stereocenters. The van der Waals surface area contributed by atoms with Crippen molar-refractivity contribution in [1.82, 2.24) is 4.90 Å². The van der Waals surface area contributed by atoms with E-state index in [0.717, 1.165) is 0 Å². The van der Waals surface area contributed by atoms with Gasteiger partial charge < -0.3 is 15.3 Å². The Balaban J connectivity index is 2.25. The van der Waals surface area contributed by atoms with Gasteiger partial charge in [-0.05, 0) is 12.1 Å². The minimum absolute atomic E-state index is 0.0134. The molecular formula is C13H12Cl2N2O4. The van der Waals surface area contributed by atoms with E-state index in [-0.39, 0.29) is 40.2 Å². The lowest BCUT2D eigenvalue weighted by molar-refractivity contribution is -0.127. The molecule has 1 saturated heterocycles. The Morgan fingerprint density at radius 2 is 2.05 bits per heavy atom. The minimum Gasteiger partial charge on any atom is -0.478 e. The number of carbonyl (C=O) groups is 3. The molecule has 1 aliphatic heterocycles. The predicted molar refractivity (Wildman–Crippen MR) is 77.8 cm³/mol. The molecule has 1 fully saturated rings. The number of carboxylic acids is 1. The highest BCUT2D eigenvalue weighted by Gasteiger charge is 2.33. The molecule has 6 nitrogen and oxygen atoms in total. The van der Waals surface area contributed by atoms with Gasteiger partial charge in [-0.15, -0.1) is 0 Å². The number of hydrogen-bond acceptors (Lipinski definition) is 3. The van der Waals surface area contributed by atoms with Gasteiger partial charge in [-0.3, -0.25) is 9.59 Å². The summed E-state index contributed by atoms with van der Waals surface area (Å²) in [5.74, 6) is -2.36. The van der Waals surface area contributed by atoms with Crippen molar-refractivity contribution in [2.75, 3.05) is 18.9 Å². The van der Waals surface area contributed by atoms with Gasteiger partial charge in [0.05, 0.1) is 22.2 Å². The smallest absolute Gasteiger partial charge is 0.337 e. The van der Waals surface area contributed by atoms with Crippen LogP contribution in [-0.2, 0) is 9.59 Å². The third kappa shape index (κ3) is 3.28. The maximum Gasteiger partial charge on any atom is 0.337 e. The second-order valence-electron chi connectivity index (χ2n) is 4.78. The van der Waals surface area contributed by atoms with Crippen LogP contribution in [0.25, 0.3) is 0 Å². The number of aromatic carboxylic acids is 1. The molecule has 1 heterocycles. The second-order valence-corrected chi connectivity index (χ2v) is 5.62. The standard InChI is InChI=1S/C13H12Cl2N2O4/c1-17-5-6(2-10(17)18)12(19)16-11-8(13(20)21)3-7(14)4-9(11)15/h3-4,6H,2,5H2,1H3,(H,16,19)(H,20,21). The van der Waals surface area contributed by atoms with Crippen molar-refractivity contribution in [3.05, 3.63) is 27.7 Å². The topological polar surface area (TPSA) is 86.7 Å². The van der Waals surface area contributed by atoms with Gasteiger partial charge in [0.1, 0.15) is 0 Å². The average molecular weight is 331 g/mol. The summed E-state index contributed by atoms with van der Waals surface area (Å²) in [5.41, 5.74) is -0.209. The molecule has 1 aliphatic rings. The number of halogens is 2. The lowest BCUT2D eigenvalue weighted by Gasteiger charge is -2.14. The zero-order valence-corrected chi connectivity index (χ0v) is 12.5. The lowest BCUT2D eigenvalue weighted by Crippen LogP contribution is -2.26. The Labute approximate surface area is 130 Å². The van der Waals surface area contributed by atoms with Crippen LogP contribution in [-0.4, -0.2) is 41.4 Å². The summed E-state index contributed by atoms with van der Waals surface area (Å²) in [6.45, 7) is 0.290. The van der Waals surface area contributed by atoms with E-state index in [9.17, 15) is 14.4 Å². The first-order chi connectivity index (χ1) is 9.79. The van der Waals surface area contributed by atoms with Crippen molar-refractivity contribution < 1.29 is 19.5 Å². The average Bonchev–Trinajstić information content (AvgIpc) is 2.72. The van der Waals surface area contributed by atoms with Crippen LogP contribution < -0.4 is 5.32 Å². The number of anilines is 1. The van der Waals surface area contributed by atoms with E-state index in [0.29, 0.717) is 0 Å². The Morgan fingerprint density at radius 3 is 2.57 bits per heavy atom. The minimum atomic E-state index is -1.26. The summed E-state index contributed by atoms with van der Waals surface area (Å²) in [5, 5.41) is 11.8. The molecular weight excluding hydrogens is 319 g/mol. The van der Waals surface area contributed by atoms with Gasteiger partial charge in [0.2, 0.25) is 11.8 Å². The van der Waals surface area contributed by atoms with Gasteiger partial charge in [-0.2, -0.15) is 0 Å². The number of carboxylic acid groups (broad SMARTS) is 1. The summed E-state index contributed by atoms with van der Waals surface area (Å²) < 4.78 is 0. The number of amides is 2. The molecule has 1 aromatic rings. The van der Waals surface area contributed by atoms with E-state index in [1.165, 1.54) is 17.0 Å². The first-order valence-electron chi connectivity index (χ1n) is 6.06. The molecule has 2 N–H and O–H groups in total. The highest BCUT2D eigenvalue weighted by molar-refractivity contribution is 6.37. The fraction of sp³-hybridized carbons (Fsp3) is 0.308. The van der Waals surface area contributed by atoms with E-state index < -0.39 is 17.8 Å². The third-order valence-corrected chi connectivity index (χ3v) is 3.76. The van der Waals surface area contributed by atoms with E-state index >= 15 is 0 Å². The summed E-state index contributed by atoms with van der Waals surface area (Å²) >= 11 is 11.7. The Bertz CT molecular complexity index is 633. The number of nitrogens with zero attached hydrogens (tertiary/aromatic N) is 1. The van der Waals surface area contributed by atoms with Crippen molar-refractivity contribution in [3.63, 3.8) is 0 Å². The largest absolute Gasteiger partial charge is 0.478 e. The van der Waals surface area contributed by atoms with E-state index in [4.69, 9.17) is 28.3 Å². The molecule has 0 radical (unpaired) electrons. The van der Waals surface area contributed by atoms with Crippen LogP contribution in [0.15, 0.2) is 12.1 Å². The highest BCUT2D eigenvalue weighted by atomic mass is 35.5. The van der Waals surface area contributed by atoms with Crippen LogP contribution in [0.1, 0.15) is 16.8 Å². The summed E-state index contributed by atoms with van der Waals surface area (Å²) in [6.07, 6.45) is 0.0932. The van der Waals surface area contributed by atoms with Gasteiger partial charge in [-0.1, -0.05) is 23.2 Å². The van der Waals surface area contributed by atoms with E-state index in [2.05, 4.69) is 5.32 Å². The Morgan fingerprint density at radius 1 is 1.38 bits per heavy atom. The van der Waals surface area contributed by atoms with Crippen molar-refractivity contribution in [2.24, 2.45) is 5.92 Å². The zero-order chi connectivity index (χ0) is 15.7. The number of nitrogens with one attached hydrogen (secondary N) is 1. The van der Waals surface area contributed by atoms with Crippen molar-refractivity contribution in [1.29, 1.82) is 0 Å². The van der Waals surface area contributed by atoms with E-state index in [1.807, 2.05) is 0 Å². The third-order valence-electron chi connectivity index (χ3n) is 3.25. The second kappa shape index (κ2) is 5.91. The maximum atomic E-state index is 12.1. The Hall–Kier alpha value is -1.79. The quantitative estimate of drug-likeness (QED) is 0.888. The SMILES string of the molecule is CN1CC(C(=O)Nc2c(Cl)cc(Cl)cc2C(=O)O)CC1=O. The summed E-state index contributed by atoms with van der Waals surface area (Å²) in [6, 6.07) is 2.55.